The second kappa shape index (κ2) is 12.5. The lowest BCUT2D eigenvalue weighted by atomic mass is 10.0. The lowest BCUT2D eigenvalue weighted by molar-refractivity contribution is -0.110. The molecule has 0 radical (unpaired) electrons. The van der Waals surface area contributed by atoms with E-state index in [0.29, 0.717) is 46.0 Å². The maximum Gasteiger partial charge on any atom is 0.326 e. The van der Waals surface area contributed by atoms with E-state index in [1.807, 2.05) is 13.8 Å². The number of imide groups is 1. The van der Waals surface area contributed by atoms with E-state index >= 15 is 0 Å². The zero-order chi connectivity index (χ0) is 30.7. The standard InChI is InChI=1S/C31H33FN6O5/c1-17-25(34-18(2)27(17)30(41)33-10-13-38-11-4-5-12-38)16-23-21-8-6-19(14-26(21)36-29(23)40)35-31(42)37-28(39)22-9-7-20(43-3)15-24(22)32/h6-9,14-16,34H,4-5,10-13H2,1-3H3,(H,33,41)(H,36,40)(H2,35,37,39,42). The van der Waals surface area contributed by atoms with Crippen molar-refractivity contribution in [3.8, 4) is 5.75 Å². The molecule has 0 aliphatic carbocycles. The minimum atomic E-state index is -0.923. The number of aromatic amines is 1. The molecule has 0 saturated carbocycles. The third kappa shape index (κ3) is 6.44. The predicted octanol–water partition coefficient (Wildman–Crippen LogP) is 4.06. The number of benzene rings is 2. The van der Waals surface area contributed by atoms with Gasteiger partial charge in [-0.15, -0.1) is 0 Å². The summed E-state index contributed by atoms with van der Waals surface area (Å²) in [6, 6.07) is 7.60. The largest absolute Gasteiger partial charge is 0.497 e. The van der Waals surface area contributed by atoms with E-state index in [1.165, 1.54) is 32.1 Å². The van der Waals surface area contributed by atoms with Gasteiger partial charge >= 0.3 is 6.03 Å². The Bertz CT molecular complexity index is 1640. The van der Waals surface area contributed by atoms with E-state index in [2.05, 4.69) is 31.2 Å². The predicted molar refractivity (Wildman–Crippen MR) is 161 cm³/mol. The number of nitrogens with zero attached hydrogens (tertiary/aromatic N) is 1. The molecule has 2 aliphatic rings. The van der Waals surface area contributed by atoms with Crippen molar-refractivity contribution < 1.29 is 28.3 Å². The fraction of sp³-hybridized carbons (Fsp3) is 0.290. The monoisotopic (exact) mass is 588 g/mol. The Morgan fingerprint density at radius 3 is 2.56 bits per heavy atom. The summed E-state index contributed by atoms with van der Waals surface area (Å²) in [5.74, 6) is -2.02. The molecule has 2 aliphatic heterocycles. The van der Waals surface area contributed by atoms with Gasteiger partial charge in [-0.2, -0.15) is 0 Å². The minimum absolute atomic E-state index is 0.159. The summed E-state index contributed by atoms with van der Waals surface area (Å²) in [5.41, 5.74) is 4.09. The molecule has 1 fully saturated rings. The average Bonchev–Trinajstić information content (AvgIpc) is 3.66. The van der Waals surface area contributed by atoms with Crippen LogP contribution in [0.4, 0.5) is 20.6 Å². The van der Waals surface area contributed by atoms with Crippen molar-refractivity contribution in [1.29, 1.82) is 0 Å². The highest BCUT2D eigenvalue weighted by Gasteiger charge is 2.26. The van der Waals surface area contributed by atoms with Crippen LogP contribution in [0.25, 0.3) is 11.6 Å². The number of fused-ring (bicyclic) bond motifs is 1. The van der Waals surface area contributed by atoms with Crippen molar-refractivity contribution in [2.24, 2.45) is 0 Å². The second-order valence-electron chi connectivity index (χ2n) is 10.5. The number of rotatable bonds is 8. The summed E-state index contributed by atoms with van der Waals surface area (Å²) in [6.07, 6.45) is 4.09. The molecule has 3 aromatic rings. The first kappa shape index (κ1) is 29.5. The van der Waals surface area contributed by atoms with Gasteiger partial charge in [0.1, 0.15) is 11.6 Å². The summed E-state index contributed by atoms with van der Waals surface area (Å²) < 4.78 is 19.1. The molecule has 11 nitrogen and oxygen atoms in total. The molecule has 0 spiro atoms. The second-order valence-corrected chi connectivity index (χ2v) is 10.5. The van der Waals surface area contributed by atoms with Crippen LogP contribution in [0, 0.1) is 19.7 Å². The van der Waals surface area contributed by atoms with E-state index in [9.17, 15) is 23.6 Å². The maximum absolute atomic E-state index is 14.2. The number of halogens is 1. The topological polar surface area (TPSA) is 145 Å². The Labute approximate surface area is 247 Å². The number of amides is 5. The highest BCUT2D eigenvalue weighted by molar-refractivity contribution is 6.35. The summed E-state index contributed by atoms with van der Waals surface area (Å²) in [4.78, 5) is 56.2. The van der Waals surface area contributed by atoms with Crippen molar-refractivity contribution in [2.75, 3.05) is 43.9 Å². The third-order valence-corrected chi connectivity index (χ3v) is 7.61. The van der Waals surface area contributed by atoms with Crippen molar-refractivity contribution in [1.82, 2.24) is 20.5 Å². The van der Waals surface area contributed by atoms with Gasteiger partial charge in [0.2, 0.25) is 0 Å². The molecule has 3 heterocycles. The number of anilines is 2. The molecule has 5 rings (SSSR count). The lowest BCUT2D eigenvalue weighted by Crippen LogP contribution is -2.34. The van der Waals surface area contributed by atoms with Gasteiger partial charge in [-0.25, -0.2) is 9.18 Å². The molecular formula is C31H33FN6O5. The summed E-state index contributed by atoms with van der Waals surface area (Å²) >= 11 is 0. The highest BCUT2D eigenvalue weighted by Crippen LogP contribution is 2.36. The van der Waals surface area contributed by atoms with Crippen LogP contribution in [0.2, 0.25) is 0 Å². The average molecular weight is 589 g/mol. The number of methoxy groups -OCH3 is 1. The molecule has 5 N–H and O–H groups in total. The first-order valence-electron chi connectivity index (χ1n) is 14.0. The third-order valence-electron chi connectivity index (χ3n) is 7.61. The Hall–Kier alpha value is -4.97. The number of aromatic nitrogens is 1. The number of urea groups is 1. The van der Waals surface area contributed by atoms with E-state index in [4.69, 9.17) is 4.74 Å². The van der Waals surface area contributed by atoms with Gasteiger partial charge in [-0.1, -0.05) is 6.07 Å². The fourth-order valence-electron chi connectivity index (χ4n) is 5.38. The van der Waals surface area contributed by atoms with Gasteiger partial charge in [-0.05, 0) is 75.7 Å². The number of carbonyl (C=O) groups is 4. The summed E-state index contributed by atoms with van der Waals surface area (Å²) in [7, 11) is 1.37. The summed E-state index contributed by atoms with van der Waals surface area (Å²) in [5, 5.41) is 10.4. The van der Waals surface area contributed by atoms with Crippen molar-refractivity contribution in [3.63, 3.8) is 0 Å². The van der Waals surface area contributed by atoms with Crippen LogP contribution < -0.4 is 26.0 Å². The maximum atomic E-state index is 14.2. The van der Waals surface area contributed by atoms with Gasteiger partial charge in [0.15, 0.2) is 0 Å². The van der Waals surface area contributed by atoms with Gasteiger partial charge in [0, 0.05) is 41.8 Å². The SMILES string of the molecule is COc1ccc(C(=O)NC(=O)Nc2ccc3c(c2)NC(=O)C3=Cc2[nH]c(C)c(C(=O)NCCN3CCCC3)c2C)c(F)c1. The number of ether oxygens (including phenoxy) is 1. The number of aryl methyl sites for hydroxylation is 1. The van der Waals surface area contributed by atoms with Crippen LogP contribution in [0.3, 0.4) is 0 Å². The van der Waals surface area contributed by atoms with E-state index in [0.717, 1.165) is 31.3 Å². The first-order valence-corrected chi connectivity index (χ1v) is 14.0. The van der Waals surface area contributed by atoms with Crippen LogP contribution in [0.5, 0.6) is 5.75 Å². The van der Waals surface area contributed by atoms with Crippen molar-refractivity contribution in [2.45, 2.75) is 26.7 Å². The Kier molecular flexibility index (Phi) is 8.58. The Morgan fingerprint density at radius 2 is 1.84 bits per heavy atom. The van der Waals surface area contributed by atoms with Crippen LogP contribution >= 0.6 is 0 Å². The number of nitrogens with one attached hydrogen (secondary N) is 5. The van der Waals surface area contributed by atoms with Gasteiger partial charge in [0.25, 0.3) is 17.7 Å². The van der Waals surface area contributed by atoms with Gasteiger partial charge in [-0.3, -0.25) is 19.7 Å². The molecule has 43 heavy (non-hydrogen) atoms. The number of H-pyrrole nitrogens is 1. The normalized spacial score (nSPS) is 15.3. The number of likely N-dealkylation sites (tertiary alicyclic amines) is 1. The van der Waals surface area contributed by atoms with Crippen molar-refractivity contribution >= 4 is 46.8 Å². The molecule has 5 amide bonds. The molecular weight excluding hydrogens is 555 g/mol. The zero-order valence-electron chi connectivity index (χ0n) is 24.2. The molecule has 0 unspecified atom stereocenters. The highest BCUT2D eigenvalue weighted by atomic mass is 19.1. The van der Waals surface area contributed by atoms with Crippen LogP contribution in [0.15, 0.2) is 36.4 Å². The Balaban J connectivity index is 1.25. The first-order chi connectivity index (χ1) is 20.6. The number of hydrogen-bond acceptors (Lipinski definition) is 6. The minimum Gasteiger partial charge on any atom is -0.497 e. The molecule has 0 bridgehead atoms. The molecule has 1 aromatic heterocycles. The van der Waals surface area contributed by atoms with Crippen LogP contribution in [-0.2, 0) is 4.79 Å². The van der Waals surface area contributed by atoms with Crippen LogP contribution in [-0.4, -0.2) is 66.9 Å². The zero-order valence-corrected chi connectivity index (χ0v) is 24.2. The Morgan fingerprint density at radius 1 is 1.07 bits per heavy atom. The van der Waals surface area contributed by atoms with Gasteiger partial charge < -0.3 is 30.6 Å². The lowest BCUT2D eigenvalue weighted by Gasteiger charge is -2.14. The van der Waals surface area contributed by atoms with Crippen molar-refractivity contribution in [3.05, 3.63) is 75.9 Å². The number of hydrogen-bond donors (Lipinski definition) is 5. The van der Waals surface area contributed by atoms with E-state index in [-0.39, 0.29) is 23.1 Å². The molecule has 2 aromatic carbocycles. The number of carbonyl (C=O) groups excluding carboxylic acids is 4. The molecule has 1 saturated heterocycles. The molecule has 224 valence electrons. The smallest absolute Gasteiger partial charge is 0.326 e. The summed E-state index contributed by atoms with van der Waals surface area (Å²) in [6.45, 7) is 7.17. The van der Waals surface area contributed by atoms with E-state index < -0.39 is 17.8 Å². The fourth-order valence-corrected chi connectivity index (χ4v) is 5.38. The molecule has 12 heteroatoms. The van der Waals surface area contributed by atoms with Crippen LogP contribution in [0.1, 0.15) is 56.1 Å². The van der Waals surface area contributed by atoms with Gasteiger partial charge in [0.05, 0.1) is 29.5 Å². The quantitative estimate of drug-likeness (QED) is 0.251. The van der Waals surface area contributed by atoms with E-state index in [1.54, 1.807) is 24.3 Å². The molecule has 0 atom stereocenters.